The molecule has 0 unspecified atom stereocenters. The summed E-state index contributed by atoms with van der Waals surface area (Å²) in [6.45, 7) is 0.100. The zero-order valence-corrected chi connectivity index (χ0v) is 17.9. The minimum atomic E-state index is 0.100. The van der Waals surface area contributed by atoms with Gasteiger partial charge in [-0.25, -0.2) is 0 Å². The molecule has 5 aromatic carbocycles. The molecule has 0 atom stereocenters. The van der Waals surface area contributed by atoms with E-state index in [9.17, 15) is 0 Å². The Morgan fingerprint density at radius 2 is 1.03 bits per heavy atom. The van der Waals surface area contributed by atoms with Gasteiger partial charge in [0, 0.05) is 5.46 Å². The highest BCUT2D eigenvalue weighted by molar-refractivity contribution is 6.98. The summed E-state index contributed by atoms with van der Waals surface area (Å²) in [5.74, 6) is 3.56. The van der Waals surface area contributed by atoms with Crippen molar-refractivity contribution in [3.63, 3.8) is 0 Å². The molecule has 0 bridgehead atoms. The van der Waals surface area contributed by atoms with E-state index < -0.39 is 0 Å². The largest absolute Gasteiger partial charge is 0.458 e. The lowest BCUT2D eigenvalue weighted by Crippen LogP contribution is -2.57. The summed E-state index contributed by atoms with van der Waals surface area (Å²) in [4.78, 5) is 0. The number of hydrogen-bond donors (Lipinski definition) is 0. The molecule has 7 rings (SSSR count). The predicted molar refractivity (Wildman–Crippen MR) is 135 cm³/mol. The Labute approximate surface area is 193 Å². The number of hydrogen-bond acceptors (Lipinski definition) is 2. The predicted octanol–water partition coefficient (Wildman–Crippen LogP) is 5.75. The number of para-hydroxylation sites is 1. The number of rotatable bonds is 2. The maximum Gasteiger partial charge on any atom is 0.260 e. The number of benzene rings is 5. The average molecular weight is 422 g/mol. The highest BCUT2D eigenvalue weighted by atomic mass is 16.5. The molecule has 2 nitrogen and oxygen atoms in total. The van der Waals surface area contributed by atoms with Crippen LogP contribution in [0.2, 0.25) is 0 Å². The topological polar surface area (TPSA) is 18.5 Å². The molecule has 0 saturated heterocycles. The van der Waals surface area contributed by atoms with Gasteiger partial charge in [0.25, 0.3) is 6.71 Å². The van der Waals surface area contributed by atoms with E-state index in [4.69, 9.17) is 9.47 Å². The van der Waals surface area contributed by atoms with Gasteiger partial charge in [0.1, 0.15) is 23.0 Å². The second-order valence-corrected chi connectivity index (χ2v) is 8.51. The zero-order chi connectivity index (χ0) is 21.8. The van der Waals surface area contributed by atoms with Gasteiger partial charge < -0.3 is 9.47 Å². The fraction of sp³-hybridized carbons (Fsp3) is 0. The van der Waals surface area contributed by atoms with E-state index in [2.05, 4.69) is 84.9 Å². The van der Waals surface area contributed by atoms with Gasteiger partial charge in [-0.05, 0) is 57.4 Å². The first-order valence-electron chi connectivity index (χ1n) is 11.2. The molecule has 0 aliphatic carbocycles. The van der Waals surface area contributed by atoms with E-state index in [1.807, 2.05) is 30.3 Å². The molecule has 2 aliphatic rings. The summed E-state index contributed by atoms with van der Waals surface area (Å²) in [5.41, 5.74) is 8.23. The first-order valence-corrected chi connectivity index (χ1v) is 11.2. The first-order chi connectivity index (χ1) is 16.4. The van der Waals surface area contributed by atoms with E-state index in [1.54, 1.807) is 0 Å². The van der Waals surface area contributed by atoms with Crippen LogP contribution in [0.4, 0.5) is 0 Å². The van der Waals surface area contributed by atoms with E-state index in [-0.39, 0.29) is 6.71 Å². The minimum Gasteiger partial charge on any atom is -0.458 e. The second-order valence-electron chi connectivity index (χ2n) is 8.51. The molecular weight excluding hydrogens is 403 g/mol. The number of fused-ring (bicyclic) bond motifs is 4. The molecule has 5 aromatic rings. The Balaban J connectivity index is 1.41. The van der Waals surface area contributed by atoms with E-state index in [0.29, 0.717) is 0 Å². The Bertz CT molecular complexity index is 1520. The van der Waals surface area contributed by atoms with Gasteiger partial charge in [-0.1, -0.05) is 91.0 Å². The van der Waals surface area contributed by atoms with Gasteiger partial charge in [-0.3, -0.25) is 0 Å². The number of ether oxygens (including phenoxy) is 2. The second kappa shape index (κ2) is 7.14. The summed E-state index contributed by atoms with van der Waals surface area (Å²) >= 11 is 0. The van der Waals surface area contributed by atoms with Crippen LogP contribution in [-0.2, 0) is 0 Å². The molecule has 0 amide bonds. The van der Waals surface area contributed by atoms with Crippen molar-refractivity contribution in [1.29, 1.82) is 0 Å². The fourth-order valence-corrected chi connectivity index (χ4v) is 5.15. The van der Waals surface area contributed by atoms with Gasteiger partial charge >= 0.3 is 0 Å². The van der Waals surface area contributed by atoms with E-state index in [1.165, 1.54) is 27.6 Å². The summed E-state index contributed by atoms with van der Waals surface area (Å²) in [6.07, 6.45) is 0. The van der Waals surface area contributed by atoms with Crippen LogP contribution in [0.1, 0.15) is 0 Å². The van der Waals surface area contributed by atoms with Crippen LogP contribution in [-0.4, -0.2) is 6.71 Å². The highest BCUT2D eigenvalue weighted by Crippen LogP contribution is 2.37. The third kappa shape index (κ3) is 2.83. The van der Waals surface area contributed by atoms with Crippen molar-refractivity contribution >= 4 is 23.1 Å². The Morgan fingerprint density at radius 3 is 1.85 bits per heavy atom. The monoisotopic (exact) mass is 422 g/mol. The third-order valence-corrected chi connectivity index (χ3v) is 6.63. The summed E-state index contributed by atoms with van der Waals surface area (Å²) in [7, 11) is 0. The summed E-state index contributed by atoms with van der Waals surface area (Å²) in [6, 6.07) is 40.1. The molecule has 154 valence electrons. The minimum absolute atomic E-state index is 0.100. The van der Waals surface area contributed by atoms with Crippen molar-refractivity contribution in [2.45, 2.75) is 0 Å². The average Bonchev–Trinajstić information content (AvgIpc) is 2.89. The maximum absolute atomic E-state index is 6.47. The van der Waals surface area contributed by atoms with Crippen LogP contribution in [0.25, 0.3) is 22.3 Å². The molecule has 2 aliphatic heterocycles. The fourth-order valence-electron chi connectivity index (χ4n) is 5.15. The van der Waals surface area contributed by atoms with E-state index >= 15 is 0 Å². The third-order valence-electron chi connectivity index (χ3n) is 6.63. The highest BCUT2D eigenvalue weighted by Gasteiger charge is 2.39. The quantitative estimate of drug-likeness (QED) is 0.331. The van der Waals surface area contributed by atoms with Crippen LogP contribution in [0.3, 0.4) is 0 Å². The molecule has 0 radical (unpaired) electrons. The van der Waals surface area contributed by atoms with Gasteiger partial charge in [-0.2, -0.15) is 0 Å². The lowest BCUT2D eigenvalue weighted by atomic mass is 9.35. The van der Waals surface area contributed by atoms with Crippen molar-refractivity contribution in [3.05, 3.63) is 115 Å². The van der Waals surface area contributed by atoms with Crippen LogP contribution in [0.15, 0.2) is 115 Å². The van der Waals surface area contributed by atoms with Crippen molar-refractivity contribution in [1.82, 2.24) is 0 Å². The standard InChI is InChI=1S/C30H19BO2/c1-2-9-20(10-3-1)22-11-4-5-12-23(22)21-17-18-25-29(19-21)33-28-16-8-15-27-30(28)31(25)24-13-6-7-14-26(24)32-27/h1-19H. The molecule has 0 fully saturated rings. The molecule has 0 spiro atoms. The van der Waals surface area contributed by atoms with Crippen LogP contribution < -0.4 is 25.9 Å². The Morgan fingerprint density at radius 1 is 0.424 bits per heavy atom. The molecule has 2 heterocycles. The summed E-state index contributed by atoms with van der Waals surface area (Å²) < 4.78 is 12.7. The van der Waals surface area contributed by atoms with Crippen molar-refractivity contribution < 1.29 is 9.47 Å². The molecule has 0 N–H and O–H groups in total. The van der Waals surface area contributed by atoms with Gasteiger partial charge in [0.15, 0.2) is 0 Å². The van der Waals surface area contributed by atoms with Crippen LogP contribution in [0.5, 0.6) is 23.0 Å². The summed E-state index contributed by atoms with van der Waals surface area (Å²) in [5, 5.41) is 0. The van der Waals surface area contributed by atoms with Gasteiger partial charge in [0.05, 0.1) is 0 Å². The van der Waals surface area contributed by atoms with Crippen molar-refractivity contribution in [3.8, 4) is 45.3 Å². The van der Waals surface area contributed by atoms with Crippen molar-refractivity contribution in [2.75, 3.05) is 0 Å². The van der Waals surface area contributed by atoms with E-state index in [0.717, 1.165) is 34.0 Å². The molecule has 33 heavy (non-hydrogen) atoms. The smallest absolute Gasteiger partial charge is 0.260 e. The Kier molecular flexibility index (Phi) is 3.97. The van der Waals surface area contributed by atoms with Gasteiger partial charge in [0.2, 0.25) is 0 Å². The maximum atomic E-state index is 6.47. The van der Waals surface area contributed by atoms with Crippen LogP contribution >= 0.6 is 0 Å². The zero-order valence-electron chi connectivity index (χ0n) is 17.9. The van der Waals surface area contributed by atoms with Crippen LogP contribution in [0, 0.1) is 0 Å². The molecule has 0 aromatic heterocycles. The first kappa shape index (κ1) is 18.3. The SMILES string of the molecule is c1ccc(-c2ccccc2-c2ccc3c(c2)Oc2cccc4c2B3c2ccccc2O4)cc1. The molecular formula is C30H19BO2. The molecule has 3 heteroatoms. The lowest BCUT2D eigenvalue weighted by molar-refractivity contribution is 0.464. The Hall–Kier alpha value is -4.24. The lowest BCUT2D eigenvalue weighted by Gasteiger charge is -2.33. The van der Waals surface area contributed by atoms with Gasteiger partial charge in [-0.15, -0.1) is 0 Å². The van der Waals surface area contributed by atoms with Crippen molar-refractivity contribution in [2.24, 2.45) is 0 Å². The molecule has 0 saturated carbocycles. The normalized spacial score (nSPS) is 12.7.